The quantitative estimate of drug-likeness (QED) is 0.834. The normalized spacial score (nSPS) is 17.9. The van der Waals surface area contributed by atoms with Gasteiger partial charge in [0.15, 0.2) is 0 Å². The summed E-state index contributed by atoms with van der Waals surface area (Å²) in [6, 6.07) is 0. The van der Waals surface area contributed by atoms with E-state index in [0.717, 1.165) is 25.1 Å². The van der Waals surface area contributed by atoms with E-state index in [1.165, 1.54) is 6.42 Å². The van der Waals surface area contributed by atoms with Gasteiger partial charge in [0.25, 0.3) is 0 Å². The Morgan fingerprint density at radius 3 is 2.53 bits per heavy atom. The number of hydrogen-bond donors (Lipinski definition) is 2. The molecule has 0 aromatic carbocycles. The molecule has 17 heavy (non-hydrogen) atoms. The van der Waals surface area contributed by atoms with E-state index in [1.54, 1.807) is 0 Å². The van der Waals surface area contributed by atoms with Gasteiger partial charge >= 0.3 is 0 Å². The van der Waals surface area contributed by atoms with E-state index in [9.17, 15) is 0 Å². The van der Waals surface area contributed by atoms with Gasteiger partial charge in [-0.3, -0.25) is 0 Å². The Kier molecular flexibility index (Phi) is 3.17. The second kappa shape index (κ2) is 4.47. The highest BCUT2D eigenvalue weighted by atomic mass is 15.2. The summed E-state index contributed by atoms with van der Waals surface area (Å²) in [7, 11) is 0. The first-order valence-electron chi connectivity index (χ1n) is 6.25. The number of hydrogen-bond acceptors (Lipinski definition) is 5. The first-order chi connectivity index (χ1) is 7.97. The predicted octanol–water partition coefficient (Wildman–Crippen LogP) is 2.01. The van der Waals surface area contributed by atoms with Crippen molar-refractivity contribution in [2.75, 3.05) is 11.1 Å². The van der Waals surface area contributed by atoms with Gasteiger partial charge in [0, 0.05) is 12.0 Å². The number of nitrogens with one attached hydrogen (secondary N) is 1. The summed E-state index contributed by atoms with van der Waals surface area (Å²) in [5.41, 5.74) is 5.85. The van der Waals surface area contributed by atoms with E-state index in [-0.39, 0.29) is 5.54 Å². The zero-order chi connectivity index (χ0) is 12.5. The maximum atomic E-state index is 5.71. The Hall–Kier alpha value is -1.39. The number of nitrogen functional groups attached to an aromatic ring is 1. The highest BCUT2D eigenvalue weighted by Crippen LogP contribution is 2.33. The summed E-state index contributed by atoms with van der Waals surface area (Å²) in [5.74, 6) is 2.22. The van der Waals surface area contributed by atoms with Gasteiger partial charge in [-0.1, -0.05) is 13.8 Å². The molecule has 0 radical (unpaired) electrons. The molecule has 0 bridgehead atoms. The fourth-order valence-corrected chi connectivity index (χ4v) is 2.05. The third-order valence-corrected chi connectivity index (χ3v) is 3.16. The third-order valence-electron chi connectivity index (χ3n) is 3.16. The molecule has 0 aliphatic heterocycles. The van der Waals surface area contributed by atoms with Gasteiger partial charge < -0.3 is 11.1 Å². The molecular weight excluding hydrogens is 214 g/mol. The number of anilines is 2. The molecule has 2 rings (SSSR count). The Morgan fingerprint density at radius 1 is 1.29 bits per heavy atom. The van der Waals surface area contributed by atoms with Gasteiger partial charge in [-0.25, -0.2) is 0 Å². The van der Waals surface area contributed by atoms with Gasteiger partial charge in [-0.05, 0) is 32.1 Å². The maximum absolute atomic E-state index is 5.71. The lowest BCUT2D eigenvalue weighted by Gasteiger charge is -2.39. The molecule has 1 aliphatic rings. The van der Waals surface area contributed by atoms with E-state index in [1.807, 2.05) is 0 Å². The molecule has 1 aromatic rings. The summed E-state index contributed by atoms with van der Waals surface area (Å²) < 4.78 is 0. The average molecular weight is 235 g/mol. The number of nitrogens with two attached hydrogens (primary N) is 1. The summed E-state index contributed by atoms with van der Waals surface area (Å²) in [6.45, 7) is 6.47. The van der Waals surface area contributed by atoms with Crippen LogP contribution in [0, 0.1) is 5.92 Å². The molecule has 94 valence electrons. The Bertz CT molecular complexity index is 398. The number of rotatable bonds is 4. The summed E-state index contributed by atoms with van der Waals surface area (Å²) in [5, 5.41) is 3.37. The molecule has 1 heterocycles. The molecule has 0 saturated heterocycles. The van der Waals surface area contributed by atoms with Crippen LogP contribution in [0.25, 0.3) is 0 Å². The minimum atomic E-state index is 0.142. The first kappa shape index (κ1) is 12.1. The Balaban J connectivity index is 2.13. The fourth-order valence-electron chi connectivity index (χ4n) is 2.05. The molecular formula is C12H21N5. The van der Waals surface area contributed by atoms with Gasteiger partial charge in [0.2, 0.25) is 11.9 Å². The molecule has 0 atom stereocenters. The van der Waals surface area contributed by atoms with Gasteiger partial charge in [-0.2, -0.15) is 15.0 Å². The van der Waals surface area contributed by atoms with Crippen LogP contribution in [0.15, 0.2) is 0 Å². The average Bonchev–Trinajstić information content (AvgIpc) is 2.12. The van der Waals surface area contributed by atoms with Crippen molar-refractivity contribution in [1.29, 1.82) is 0 Å². The van der Waals surface area contributed by atoms with Crippen LogP contribution in [-0.4, -0.2) is 20.5 Å². The Morgan fingerprint density at radius 2 is 2.00 bits per heavy atom. The molecule has 0 amide bonds. The Labute approximate surface area is 102 Å². The van der Waals surface area contributed by atoms with Crippen molar-refractivity contribution < 1.29 is 0 Å². The second-order valence-corrected chi connectivity index (χ2v) is 5.57. The topological polar surface area (TPSA) is 76.7 Å². The fraction of sp³-hybridized carbons (Fsp3) is 0.750. The number of nitrogens with zero attached hydrogens (tertiary/aromatic N) is 3. The molecule has 1 saturated carbocycles. The van der Waals surface area contributed by atoms with Gasteiger partial charge in [0.1, 0.15) is 5.82 Å². The zero-order valence-corrected chi connectivity index (χ0v) is 10.8. The van der Waals surface area contributed by atoms with Crippen LogP contribution in [-0.2, 0) is 6.42 Å². The van der Waals surface area contributed by atoms with Gasteiger partial charge in [0.05, 0.1) is 0 Å². The zero-order valence-electron chi connectivity index (χ0n) is 10.8. The molecule has 0 unspecified atom stereocenters. The lowest BCUT2D eigenvalue weighted by Crippen LogP contribution is -2.42. The molecule has 1 fully saturated rings. The second-order valence-electron chi connectivity index (χ2n) is 5.57. The molecule has 5 nitrogen and oxygen atoms in total. The summed E-state index contributed by atoms with van der Waals surface area (Å²) in [6.07, 6.45) is 4.43. The molecule has 5 heteroatoms. The van der Waals surface area contributed by atoms with E-state index in [2.05, 4.69) is 41.0 Å². The highest BCUT2D eigenvalue weighted by Gasteiger charge is 2.32. The lowest BCUT2D eigenvalue weighted by atomic mass is 9.79. The van der Waals surface area contributed by atoms with Crippen LogP contribution in [0.3, 0.4) is 0 Å². The monoisotopic (exact) mass is 235 g/mol. The molecule has 1 aromatic heterocycles. The SMILES string of the molecule is CC(C)Cc1nc(N)nc(NC2(C)CCC2)n1. The van der Waals surface area contributed by atoms with E-state index >= 15 is 0 Å². The summed E-state index contributed by atoms with van der Waals surface area (Å²) in [4.78, 5) is 12.7. The van der Waals surface area contributed by atoms with Gasteiger partial charge in [-0.15, -0.1) is 0 Å². The van der Waals surface area contributed by atoms with Crippen molar-refractivity contribution in [3.8, 4) is 0 Å². The maximum Gasteiger partial charge on any atom is 0.228 e. The predicted molar refractivity (Wildman–Crippen MR) is 68.7 cm³/mol. The molecule has 3 N–H and O–H groups in total. The van der Waals surface area contributed by atoms with E-state index in [0.29, 0.717) is 17.8 Å². The third kappa shape index (κ3) is 3.05. The van der Waals surface area contributed by atoms with Crippen molar-refractivity contribution in [3.05, 3.63) is 5.82 Å². The first-order valence-corrected chi connectivity index (χ1v) is 6.25. The lowest BCUT2D eigenvalue weighted by molar-refractivity contribution is 0.304. The van der Waals surface area contributed by atoms with Crippen molar-refractivity contribution >= 4 is 11.9 Å². The van der Waals surface area contributed by atoms with Crippen LogP contribution in [0.5, 0.6) is 0 Å². The molecule has 1 aliphatic carbocycles. The van der Waals surface area contributed by atoms with Crippen LogP contribution in [0.1, 0.15) is 45.9 Å². The van der Waals surface area contributed by atoms with Crippen molar-refractivity contribution in [2.24, 2.45) is 5.92 Å². The van der Waals surface area contributed by atoms with Crippen molar-refractivity contribution in [1.82, 2.24) is 15.0 Å². The highest BCUT2D eigenvalue weighted by molar-refractivity contribution is 5.35. The van der Waals surface area contributed by atoms with Crippen LogP contribution >= 0.6 is 0 Å². The molecule has 0 spiro atoms. The van der Waals surface area contributed by atoms with Crippen LogP contribution < -0.4 is 11.1 Å². The van der Waals surface area contributed by atoms with E-state index < -0.39 is 0 Å². The van der Waals surface area contributed by atoms with Crippen molar-refractivity contribution in [3.63, 3.8) is 0 Å². The summed E-state index contributed by atoms with van der Waals surface area (Å²) >= 11 is 0. The van der Waals surface area contributed by atoms with Crippen molar-refractivity contribution in [2.45, 2.75) is 52.0 Å². The minimum Gasteiger partial charge on any atom is -0.368 e. The standard InChI is InChI=1S/C12H21N5/c1-8(2)7-9-14-10(13)16-11(15-9)17-12(3)5-4-6-12/h8H,4-7H2,1-3H3,(H3,13,14,15,16,17). The largest absolute Gasteiger partial charge is 0.368 e. The van der Waals surface area contributed by atoms with Crippen LogP contribution in [0.4, 0.5) is 11.9 Å². The van der Waals surface area contributed by atoms with E-state index in [4.69, 9.17) is 5.73 Å². The number of aromatic nitrogens is 3. The minimum absolute atomic E-state index is 0.142. The smallest absolute Gasteiger partial charge is 0.228 e. The van der Waals surface area contributed by atoms with Crippen LogP contribution in [0.2, 0.25) is 0 Å².